The molecule has 0 saturated heterocycles. The third-order valence-corrected chi connectivity index (χ3v) is 3.63. The zero-order valence-electron chi connectivity index (χ0n) is 8.90. The molecule has 0 spiro atoms. The minimum Gasteiger partial charge on any atom is -0.324 e. The van der Waals surface area contributed by atoms with Crippen molar-refractivity contribution in [1.29, 1.82) is 0 Å². The molecule has 16 heavy (non-hydrogen) atoms. The number of halogens is 1. The molecule has 2 unspecified atom stereocenters. The molecule has 2 N–H and O–H groups in total. The normalized spacial score (nSPS) is 23.6. The monoisotopic (exact) mass is 279 g/mol. The van der Waals surface area contributed by atoms with Crippen LogP contribution in [0.25, 0.3) is 0 Å². The number of carbonyl (C=O) groups is 1. The fourth-order valence-corrected chi connectivity index (χ4v) is 2.35. The van der Waals surface area contributed by atoms with Crippen molar-refractivity contribution in [2.45, 2.75) is 18.9 Å². The molecule has 2 atom stereocenters. The summed E-state index contributed by atoms with van der Waals surface area (Å²) in [5, 5.41) is 0. The van der Waals surface area contributed by atoms with Crippen LogP contribution in [-0.2, 0) is 11.2 Å². The van der Waals surface area contributed by atoms with Crippen molar-refractivity contribution in [3.63, 3.8) is 0 Å². The fraction of sp³-hybridized carbons (Fsp3) is 0.308. The predicted octanol–water partition coefficient (Wildman–Crippen LogP) is 2.46. The van der Waals surface area contributed by atoms with E-state index in [0.29, 0.717) is 6.42 Å². The number of hydrogen-bond donors (Lipinski definition) is 1. The summed E-state index contributed by atoms with van der Waals surface area (Å²) in [6, 6.07) is 7.88. The second-order valence-corrected chi connectivity index (χ2v) is 4.98. The Balaban J connectivity index is 2.03. The molecule has 1 aromatic rings. The van der Waals surface area contributed by atoms with Crippen LogP contribution in [0.2, 0.25) is 0 Å². The number of carbonyl (C=O) groups excluding carboxylic acids is 1. The molecule has 0 radical (unpaired) electrons. The first-order chi connectivity index (χ1) is 7.66. The zero-order chi connectivity index (χ0) is 11.5. The van der Waals surface area contributed by atoms with Gasteiger partial charge in [-0.3, -0.25) is 4.79 Å². The fourth-order valence-electron chi connectivity index (χ4n) is 1.93. The molecule has 1 aliphatic rings. The van der Waals surface area contributed by atoms with E-state index in [1.54, 1.807) is 0 Å². The second-order valence-electron chi connectivity index (χ2n) is 4.13. The van der Waals surface area contributed by atoms with Crippen LogP contribution in [-0.4, -0.2) is 11.8 Å². The van der Waals surface area contributed by atoms with Gasteiger partial charge in [-0.15, -0.1) is 0 Å². The summed E-state index contributed by atoms with van der Waals surface area (Å²) in [6.07, 6.45) is 5.08. The summed E-state index contributed by atoms with van der Waals surface area (Å²) < 4.78 is 0.995. The second kappa shape index (κ2) is 4.93. The molecule has 0 saturated carbocycles. The van der Waals surface area contributed by atoms with Crippen LogP contribution >= 0.6 is 15.9 Å². The number of ketones is 1. The number of hydrogen-bond acceptors (Lipinski definition) is 2. The van der Waals surface area contributed by atoms with Crippen molar-refractivity contribution in [2.24, 2.45) is 11.7 Å². The molecule has 0 bridgehead atoms. The molecule has 2 nitrogen and oxygen atoms in total. The summed E-state index contributed by atoms with van der Waals surface area (Å²) in [5.74, 6) is 0.248. The quantitative estimate of drug-likeness (QED) is 0.864. The first-order valence-electron chi connectivity index (χ1n) is 5.37. The topological polar surface area (TPSA) is 43.1 Å². The standard InChI is InChI=1S/C13H14BrNO/c14-12-4-2-1-3-9(12)8-13(16)10-5-6-11(15)7-10/h1-6,10-11H,7-8,15H2. The average molecular weight is 280 g/mol. The van der Waals surface area contributed by atoms with Gasteiger partial charge in [-0.1, -0.05) is 46.3 Å². The first kappa shape index (κ1) is 11.6. The van der Waals surface area contributed by atoms with Gasteiger partial charge < -0.3 is 5.73 Å². The maximum Gasteiger partial charge on any atom is 0.144 e. The van der Waals surface area contributed by atoms with Gasteiger partial charge in [0.2, 0.25) is 0 Å². The maximum atomic E-state index is 12.0. The SMILES string of the molecule is NC1C=CC(C(=O)Cc2ccccc2Br)C1. The van der Waals surface area contributed by atoms with Gasteiger partial charge in [-0.25, -0.2) is 0 Å². The van der Waals surface area contributed by atoms with Gasteiger partial charge in [0.1, 0.15) is 5.78 Å². The Labute approximate surface area is 104 Å². The highest BCUT2D eigenvalue weighted by atomic mass is 79.9. The largest absolute Gasteiger partial charge is 0.324 e. The Morgan fingerprint density at radius 1 is 1.38 bits per heavy atom. The zero-order valence-corrected chi connectivity index (χ0v) is 10.5. The molecule has 2 rings (SSSR count). The molecule has 0 fully saturated rings. The van der Waals surface area contributed by atoms with Gasteiger partial charge in [0.25, 0.3) is 0 Å². The number of Topliss-reactive ketones (excluding diaryl/α,β-unsaturated/α-hetero) is 1. The van der Waals surface area contributed by atoms with Crippen LogP contribution in [0.15, 0.2) is 40.9 Å². The van der Waals surface area contributed by atoms with Crippen molar-refractivity contribution in [2.75, 3.05) is 0 Å². The van der Waals surface area contributed by atoms with Crippen LogP contribution in [0, 0.1) is 5.92 Å². The Kier molecular flexibility index (Phi) is 3.56. The third-order valence-electron chi connectivity index (χ3n) is 2.85. The molecule has 1 aromatic carbocycles. The predicted molar refractivity (Wildman–Crippen MR) is 68.1 cm³/mol. The molecule has 84 valence electrons. The van der Waals surface area contributed by atoms with Crippen molar-refractivity contribution in [3.8, 4) is 0 Å². The van der Waals surface area contributed by atoms with Gasteiger partial charge in [-0.05, 0) is 18.1 Å². The van der Waals surface area contributed by atoms with E-state index < -0.39 is 0 Å². The molecular weight excluding hydrogens is 266 g/mol. The lowest BCUT2D eigenvalue weighted by molar-refractivity contribution is -0.120. The van der Waals surface area contributed by atoms with Crippen LogP contribution in [0.5, 0.6) is 0 Å². The van der Waals surface area contributed by atoms with Crippen LogP contribution in [0.3, 0.4) is 0 Å². The Bertz CT molecular complexity index is 428. The summed E-state index contributed by atoms with van der Waals surface area (Å²) in [4.78, 5) is 12.0. The molecule has 0 amide bonds. The average Bonchev–Trinajstić information content (AvgIpc) is 2.68. The van der Waals surface area contributed by atoms with Crippen LogP contribution in [0.1, 0.15) is 12.0 Å². The third kappa shape index (κ3) is 2.60. The number of allylic oxidation sites excluding steroid dienone is 1. The summed E-state index contributed by atoms with van der Waals surface area (Å²) in [6.45, 7) is 0. The molecule has 0 heterocycles. The Morgan fingerprint density at radius 2 is 2.12 bits per heavy atom. The first-order valence-corrected chi connectivity index (χ1v) is 6.16. The van der Waals surface area contributed by atoms with Crippen molar-refractivity contribution >= 4 is 21.7 Å². The number of rotatable bonds is 3. The van der Waals surface area contributed by atoms with E-state index in [-0.39, 0.29) is 17.7 Å². The van der Waals surface area contributed by atoms with E-state index in [0.717, 1.165) is 16.5 Å². The van der Waals surface area contributed by atoms with Gasteiger partial charge >= 0.3 is 0 Å². The highest BCUT2D eigenvalue weighted by Gasteiger charge is 2.22. The number of benzene rings is 1. The minimum atomic E-state index is 0.00195. The lowest BCUT2D eigenvalue weighted by Crippen LogP contribution is -2.20. The van der Waals surface area contributed by atoms with Gasteiger partial charge in [0, 0.05) is 22.9 Å². The van der Waals surface area contributed by atoms with E-state index in [2.05, 4.69) is 15.9 Å². The van der Waals surface area contributed by atoms with Gasteiger partial charge in [-0.2, -0.15) is 0 Å². The van der Waals surface area contributed by atoms with Crippen molar-refractivity contribution in [3.05, 3.63) is 46.5 Å². The summed E-state index contributed by atoms with van der Waals surface area (Å²) >= 11 is 3.45. The van der Waals surface area contributed by atoms with E-state index in [1.807, 2.05) is 36.4 Å². The van der Waals surface area contributed by atoms with E-state index in [4.69, 9.17) is 5.73 Å². The molecule has 0 aliphatic heterocycles. The molecule has 1 aliphatic carbocycles. The smallest absolute Gasteiger partial charge is 0.144 e. The van der Waals surface area contributed by atoms with E-state index in [1.165, 1.54) is 0 Å². The van der Waals surface area contributed by atoms with Crippen molar-refractivity contribution in [1.82, 2.24) is 0 Å². The van der Waals surface area contributed by atoms with Crippen LogP contribution < -0.4 is 5.73 Å². The lowest BCUT2D eigenvalue weighted by Gasteiger charge is -2.09. The van der Waals surface area contributed by atoms with E-state index >= 15 is 0 Å². The van der Waals surface area contributed by atoms with E-state index in [9.17, 15) is 4.79 Å². The van der Waals surface area contributed by atoms with Gasteiger partial charge in [0.15, 0.2) is 0 Å². The van der Waals surface area contributed by atoms with Gasteiger partial charge in [0.05, 0.1) is 0 Å². The Morgan fingerprint density at radius 3 is 2.75 bits per heavy atom. The van der Waals surface area contributed by atoms with Crippen molar-refractivity contribution < 1.29 is 4.79 Å². The highest BCUT2D eigenvalue weighted by Crippen LogP contribution is 2.22. The Hall–Kier alpha value is -0.930. The lowest BCUT2D eigenvalue weighted by atomic mass is 9.97. The maximum absolute atomic E-state index is 12.0. The highest BCUT2D eigenvalue weighted by molar-refractivity contribution is 9.10. The molecule has 0 aromatic heterocycles. The molecule has 3 heteroatoms. The number of nitrogens with two attached hydrogens (primary N) is 1. The molecular formula is C13H14BrNO. The minimum absolute atomic E-state index is 0.00195. The van der Waals surface area contributed by atoms with Crippen LogP contribution in [0.4, 0.5) is 0 Å². The summed E-state index contributed by atoms with van der Waals surface area (Å²) in [7, 11) is 0. The summed E-state index contributed by atoms with van der Waals surface area (Å²) in [5.41, 5.74) is 6.78.